The second-order valence-electron chi connectivity index (χ2n) is 2.11. The van der Waals surface area contributed by atoms with E-state index in [0.717, 1.165) is 0 Å². The fourth-order valence-electron chi connectivity index (χ4n) is 0.881. The lowest BCUT2D eigenvalue weighted by Crippen LogP contribution is -2.17. The molecule has 2 rings (SSSR count). The van der Waals surface area contributed by atoms with Crippen LogP contribution in [0.25, 0.3) is 0 Å². The fraction of sp³-hybridized carbons (Fsp3) is 0.333. The summed E-state index contributed by atoms with van der Waals surface area (Å²) < 4.78 is 10.3. The smallest absolute Gasteiger partial charge is 0.263 e. The average molecular weight is 207 g/mol. The lowest BCUT2D eigenvalue weighted by molar-refractivity contribution is 0.163. The van der Waals surface area contributed by atoms with E-state index in [9.17, 15) is 0 Å². The second-order valence-corrected chi connectivity index (χ2v) is 2.81. The zero-order valence-corrected chi connectivity index (χ0v) is 7.39. The summed E-state index contributed by atoms with van der Waals surface area (Å²) in [6.07, 6.45) is 0. The quantitative estimate of drug-likeness (QED) is 0.478. The molecule has 0 saturated heterocycles. The van der Waals surface area contributed by atoms with Crippen LogP contribution in [0.1, 0.15) is 0 Å². The van der Waals surface area contributed by atoms with Crippen molar-refractivity contribution in [3.63, 3.8) is 0 Å². The largest absolute Gasteiger partial charge is 0.482 e. The van der Waals surface area contributed by atoms with Gasteiger partial charge in [-0.2, -0.15) is 4.98 Å². The van der Waals surface area contributed by atoms with E-state index in [1.54, 1.807) is 0 Å². The molecule has 1 aliphatic heterocycles. The summed E-state index contributed by atoms with van der Waals surface area (Å²) in [4.78, 5) is 7.50. The lowest BCUT2D eigenvalue weighted by atomic mass is 10.5. The molecule has 0 aromatic carbocycles. The first kappa shape index (κ1) is 7.89. The molecule has 1 aromatic rings. The van der Waals surface area contributed by atoms with E-state index in [0.29, 0.717) is 24.8 Å². The normalized spacial score (nSPS) is 14.5. The van der Waals surface area contributed by atoms with Crippen LogP contribution in [0.15, 0.2) is 0 Å². The monoisotopic (exact) mass is 206 g/mol. The number of hydrogen-bond donors (Lipinski definition) is 0. The van der Waals surface area contributed by atoms with Crippen molar-refractivity contribution < 1.29 is 9.47 Å². The number of rotatable bonds is 0. The number of nitrogens with zero attached hydrogens (tertiary/aromatic N) is 2. The van der Waals surface area contributed by atoms with Gasteiger partial charge in [0, 0.05) is 0 Å². The number of halogens is 2. The van der Waals surface area contributed by atoms with E-state index >= 15 is 0 Å². The van der Waals surface area contributed by atoms with Crippen LogP contribution in [0, 0.1) is 0 Å². The van der Waals surface area contributed by atoms with Crippen molar-refractivity contribution in [1.82, 2.24) is 9.97 Å². The number of aromatic nitrogens is 2. The molecule has 0 atom stereocenters. The molecule has 0 unspecified atom stereocenters. The van der Waals surface area contributed by atoms with Gasteiger partial charge in [-0.1, -0.05) is 11.6 Å². The summed E-state index contributed by atoms with van der Waals surface area (Å²) in [6, 6.07) is 0. The second kappa shape index (κ2) is 2.95. The molecule has 0 spiro atoms. The molecule has 0 saturated carbocycles. The highest BCUT2D eigenvalue weighted by molar-refractivity contribution is 6.33. The van der Waals surface area contributed by atoms with Crippen LogP contribution >= 0.6 is 23.2 Å². The van der Waals surface area contributed by atoms with Gasteiger partial charge in [0.05, 0.1) is 0 Å². The molecule has 0 aliphatic carbocycles. The number of hydrogen-bond acceptors (Lipinski definition) is 4. The molecular formula is C6H4Cl2N2O2. The fourth-order valence-corrected chi connectivity index (χ4v) is 1.30. The van der Waals surface area contributed by atoms with Crippen LogP contribution in [-0.4, -0.2) is 23.2 Å². The summed E-state index contributed by atoms with van der Waals surface area (Å²) in [5.41, 5.74) is 0. The van der Waals surface area contributed by atoms with Gasteiger partial charge in [-0.3, -0.25) is 0 Å². The Morgan fingerprint density at radius 1 is 1.08 bits per heavy atom. The van der Waals surface area contributed by atoms with Gasteiger partial charge in [-0.25, -0.2) is 4.98 Å². The van der Waals surface area contributed by atoms with Crippen molar-refractivity contribution in [2.45, 2.75) is 0 Å². The van der Waals surface area contributed by atoms with Gasteiger partial charge in [0.25, 0.3) is 5.88 Å². The Morgan fingerprint density at radius 2 is 1.83 bits per heavy atom. The van der Waals surface area contributed by atoms with Crippen molar-refractivity contribution in [2.75, 3.05) is 13.2 Å². The van der Waals surface area contributed by atoms with E-state index < -0.39 is 0 Å². The third kappa shape index (κ3) is 1.28. The summed E-state index contributed by atoms with van der Waals surface area (Å²) in [5, 5.41) is 0.244. The predicted molar refractivity (Wildman–Crippen MR) is 43.0 cm³/mol. The molecular weight excluding hydrogens is 203 g/mol. The number of fused-ring (bicyclic) bond motifs is 1. The third-order valence-corrected chi connectivity index (χ3v) is 1.76. The van der Waals surface area contributed by atoms with E-state index in [1.165, 1.54) is 0 Å². The molecule has 0 N–H and O–H groups in total. The maximum atomic E-state index is 5.71. The van der Waals surface area contributed by atoms with Gasteiger partial charge in [-0.15, -0.1) is 0 Å². The van der Waals surface area contributed by atoms with Gasteiger partial charge >= 0.3 is 0 Å². The Balaban J connectivity index is 2.53. The Kier molecular flexibility index (Phi) is 1.94. The lowest BCUT2D eigenvalue weighted by Gasteiger charge is -2.17. The van der Waals surface area contributed by atoms with Crippen molar-refractivity contribution in [1.29, 1.82) is 0 Å². The van der Waals surface area contributed by atoms with Crippen LogP contribution < -0.4 is 9.47 Å². The van der Waals surface area contributed by atoms with Crippen molar-refractivity contribution in [2.24, 2.45) is 0 Å². The minimum Gasteiger partial charge on any atom is -0.482 e. The molecule has 64 valence electrons. The van der Waals surface area contributed by atoms with Crippen LogP contribution in [0.2, 0.25) is 10.4 Å². The first-order valence-corrected chi connectivity index (χ1v) is 4.01. The van der Waals surface area contributed by atoms with Crippen molar-refractivity contribution in [3.05, 3.63) is 10.4 Å². The standard InChI is InChI=1S/C6H4Cl2N2O2/c7-4-3-5(10-6(8)9-4)12-2-1-11-3/h1-2H2. The third-order valence-electron chi connectivity index (χ3n) is 1.33. The Labute approximate surface area is 78.4 Å². The minimum absolute atomic E-state index is 0.0595. The first-order chi connectivity index (χ1) is 5.77. The molecule has 12 heavy (non-hydrogen) atoms. The van der Waals surface area contributed by atoms with Crippen molar-refractivity contribution in [3.8, 4) is 11.6 Å². The molecule has 2 heterocycles. The summed E-state index contributed by atoms with van der Waals surface area (Å²) in [6.45, 7) is 0.911. The van der Waals surface area contributed by atoms with E-state index in [2.05, 4.69) is 9.97 Å². The molecule has 4 nitrogen and oxygen atoms in total. The zero-order chi connectivity index (χ0) is 8.55. The van der Waals surface area contributed by atoms with Crippen molar-refractivity contribution >= 4 is 23.2 Å². The summed E-state index contributed by atoms with van der Waals surface area (Å²) >= 11 is 11.2. The van der Waals surface area contributed by atoms with Crippen LogP contribution in [0.4, 0.5) is 0 Å². The molecule has 0 amide bonds. The molecule has 0 bridgehead atoms. The maximum absolute atomic E-state index is 5.71. The topological polar surface area (TPSA) is 44.2 Å². The minimum atomic E-state index is 0.0595. The Morgan fingerprint density at radius 3 is 2.67 bits per heavy atom. The maximum Gasteiger partial charge on any atom is 0.263 e. The van der Waals surface area contributed by atoms with Gasteiger partial charge in [-0.05, 0) is 11.6 Å². The van der Waals surface area contributed by atoms with Crippen LogP contribution in [0.3, 0.4) is 0 Å². The van der Waals surface area contributed by atoms with E-state index in [4.69, 9.17) is 32.7 Å². The van der Waals surface area contributed by atoms with Gasteiger partial charge in [0.1, 0.15) is 13.2 Å². The van der Waals surface area contributed by atoms with Crippen LogP contribution in [-0.2, 0) is 0 Å². The molecule has 1 aromatic heterocycles. The van der Waals surface area contributed by atoms with Gasteiger partial charge in [0.2, 0.25) is 11.0 Å². The van der Waals surface area contributed by atoms with E-state index in [1.807, 2.05) is 0 Å². The van der Waals surface area contributed by atoms with E-state index in [-0.39, 0.29) is 10.4 Å². The highest BCUT2D eigenvalue weighted by atomic mass is 35.5. The predicted octanol–water partition coefficient (Wildman–Crippen LogP) is 1.55. The molecule has 0 fully saturated rings. The van der Waals surface area contributed by atoms with Gasteiger partial charge < -0.3 is 9.47 Å². The highest BCUT2D eigenvalue weighted by Crippen LogP contribution is 2.34. The summed E-state index contributed by atoms with van der Waals surface area (Å²) in [5.74, 6) is 0.679. The highest BCUT2D eigenvalue weighted by Gasteiger charge is 2.18. The van der Waals surface area contributed by atoms with Crippen LogP contribution in [0.5, 0.6) is 11.6 Å². The van der Waals surface area contributed by atoms with Gasteiger partial charge in [0.15, 0.2) is 5.15 Å². The first-order valence-electron chi connectivity index (χ1n) is 3.26. The Bertz CT molecular complexity index is 319. The number of ether oxygens (including phenoxy) is 2. The molecule has 6 heteroatoms. The molecule has 1 aliphatic rings. The average Bonchev–Trinajstić information content (AvgIpc) is 2.04. The zero-order valence-electron chi connectivity index (χ0n) is 5.88. The SMILES string of the molecule is Clc1nc(Cl)c2c(n1)OCCO2. The molecule has 0 radical (unpaired) electrons. The Hall–Kier alpha value is -0.740. The summed E-state index contributed by atoms with van der Waals surface area (Å²) in [7, 11) is 0.